The van der Waals surface area contributed by atoms with E-state index < -0.39 is 23.8 Å². The number of nitrogens with zero attached hydrogens (tertiary/aromatic N) is 2. The molecule has 160 valence electrons. The van der Waals surface area contributed by atoms with Gasteiger partial charge in [0.15, 0.2) is 0 Å². The molecule has 1 aromatic carbocycles. The van der Waals surface area contributed by atoms with E-state index in [4.69, 9.17) is 5.73 Å². The van der Waals surface area contributed by atoms with E-state index in [-0.39, 0.29) is 18.7 Å². The van der Waals surface area contributed by atoms with Crippen LogP contribution in [0.25, 0.3) is 0 Å². The lowest BCUT2D eigenvalue weighted by Crippen LogP contribution is -2.54. The Morgan fingerprint density at radius 2 is 1.77 bits per heavy atom. The third-order valence-electron chi connectivity index (χ3n) is 6.72. The summed E-state index contributed by atoms with van der Waals surface area (Å²) in [5.74, 6) is -1.38. The molecule has 0 aromatic heterocycles. The third kappa shape index (κ3) is 3.44. The smallest absolute Gasteiger partial charge is 0.262 e. The summed E-state index contributed by atoms with van der Waals surface area (Å²) < 4.78 is 0. The Morgan fingerprint density at radius 1 is 1.07 bits per heavy atom. The summed E-state index contributed by atoms with van der Waals surface area (Å²) in [7, 11) is 0. The fourth-order valence-electron chi connectivity index (χ4n) is 5.18. The molecular weight excluding hydrogens is 384 g/mol. The zero-order valence-corrected chi connectivity index (χ0v) is 17.4. The molecule has 0 aliphatic carbocycles. The van der Waals surface area contributed by atoms with Gasteiger partial charge in [0.1, 0.15) is 6.04 Å². The average molecular weight is 412 g/mol. The quantitative estimate of drug-likeness (QED) is 0.715. The zero-order valence-electron chi connectivity index (χ0n) is 17.4. The molecule has 8 nitrogen and oxygen atoms in total. The molecule has 2 saturated heterocycles. The first-order valence-electron chi connectivity index (χ1n) is 10.6. The number of hydrogen-bond acceptors (Lipinski definition) is 6. The standard InChI is InChI=1S/C22H28N4O4/c1-12-8-14(10-23)9-13(2)25(12)11-15-4-3-5-16-19(15)22(30)26(21(16)29)17-6-7-18(27)24-20(17)28/h3-5,12-14,17H,6-11,23H2,1-2H3,(H,24,27,28). The number of amides is 4. The molecule has 30 heavy (non-hydrogen) atoms. The second kappa shape index (κ2) is 7.92. The monoisotopic (exact) mass is 412 g/mol. The SMILES string of the molecule is CC1CC(CN)CC(C)N1Cc1cccc2c1C(=O)N(C1CCC(=O)NC1=O)C2=O. The van der Waals surface area contributed by atoms with Gasteiger partial charge in [0.2, 0.25) is 11.8 Å². The lowest BCUT2D eigenvalue weighted by molar-refractivity contribution is -0.136. The number of imide groups is 2. The molecule has 0 saturated carbocycles. The van der Waals surface area contributed by atoms with Crippen molar-refractivity contribution in [2.24, 2.45) is 11.7 Å². The Kier molecular flexibility index (Phi) is 5.46. The number of nitrogens with one attached hydrogen (secondary N) is 1. The van der Waals surface area contributed by atoms with Gasteiger partial charge < -0.3 is 5.73 Å². The molecule has 1 aromatic rings. The predicted molar refractivity (Wildman–Crippen MR) is 109 cm³/mol. The van der Waals surface area contributed by atoms with Gasteiger partial charge in [-0.05, 0) is 57.2 Å². The van der Waals surface area contributed by atoms with Gasteiger partial charge >= 0.3 is 0 Å². The molecule has 3 aliphatic heterocycles. The van der Waals surface area contributed by atoms with E-state index in [1.807, 2.05) is 6.07 Å². The van der Waals surface area contributed by atoms with E-state index in [9.17, 15) is 19.2 Å². The Bertz CT molecular complexity index is 902. The molecule has 3 aliphatic rings. The fourth-order valence-corrected chi connectivity index (χ4v) is 5.18. The summed E-state index contributed by atoms with van der Waals surface area (Å²) in [4.78, 5) is 53.4. The lowest BCUT2D eigenvalue weighted by atomic mass is 9.86. The van der Waals surface area contributed by atoms with Crippen LogP contribution >= 0.6 is 0 Å². The number of carbonyl (C=O) groups is 4. The molecule has 2 fully saturated rings. The topological polar surface area (TPSA) is 113 Å². The van der Waals surface area contributed by atoms with Crippen LogP contribution in [0.15, 0.2) is 18.2 Å². The van der Waals surface area contributed by atoms with E-state index in [1.54, 1.807) is 12.1 Å². The third-order valence-corrected chi connectivity index (χ3v) is 6.72. The Hall–Kier alpha value is -2.58. The van der Waals surface area contributed by atoms with Crippen LogP contribution in [-0.2, 0) is 16.1 Å². The maximum Gasteiger partial charge on any atom is 0.262 e. The largest absolute Gasteiger partial charge is 0.330 e. The first-order valence-corrected chi connectivity index (χ1v) is 10.6. The van der Waals surface area contributed by atoms with Gasteiger partial charge in [-0.2, -0.15) is 0 Å². The van der Waals surface area contributed by atoms with E-state index in [0.29, 0.717) is 42.2 Å². The number of piperidine rings is 2. The van der Waals surface area contributed by atoms with Crippen molar-refractivity contribution in [2.75, 3.05) is 6.54 Å². The van der Waals surface area contributed by atoms with Crippen molar-refractivity contribution in [3.8, 4) is 0 Å². The maximum absolute atomic E-state index is 13.3. The van der Waals surface area contributed by atoms with Crippen molar-refractivity contribution >= 4 is 23.6 Å². The van der Waals surface area contributed by atoms with Crippen molar-refractivity contribution in [2.45, 2.75) is 64.2 Å². The summed E-state index contributed by atoms with van der Waals surface area (Å²) in [6.45, 7) is 5.58. The first kappa shape index (κ1) is 20.7. The van der Waals surface area contributed by atoms with Gasteiger partial charge in [0.05, 0.1) is 11.1 Å². The van der Waals surface area contributed by atoms with E-state index in [0.717, 1.165) is 23.3 Å². The van der Waals surface area contributed by atoms with Crippen LogP contribution in [0.4, 0.5) is 0 Å². The van der Waals surface area contributed by atoms with Crippen LogP contribution in [0.5, 0.6) is 0 Å². The van der Waals surface area contributed by atoms with Gasteiger partial charge in [-0.15, -0.1) is 0 Å². The number of nitrogens with two attached hydrogens (primary N) is 1. The van der Waals surface area contributed by atoms with Crippen molar-refractivity contribution in [3.05, 3.63) is 34.9 Å². The van der Waals surface area contributed by atoms with E-state index in [1.165, 1.54) is 0 Å². The molecule has 4 amide bonds. The van der Waals surface area contributed by atoms with Crippen LogP contribution < -0.4 is 11.1 Å². The highest BCUT2D eigenvalue weighted by atomic mass is 16.2. The molecule has 8 heteroatoms. The average Bonchev–Trinajstić information content (AvgIpc) is 2.96. The molecule has 3 heterocycles. The van der Waals surface area contributed by atoms with Crippen molar-refractivity contribution in [1.29, 1.82) is 0 Å². The van der Waals surface area contributed by atoms with Crippen LogP contribution in [0, 0.1) is 5.92 Å². The molecule has 4 rings (SSSR count). The predicted octanol–water partition coefficient (Wildman–Crippen LogP) is 1.04. The highest BCUT2D eigenvalue weighted by Crippen LogP contribution is 2.33. The number of fused-ring (bicyclic) bond motifs is 1. The highest BCUT2D eigenvalue weighted by Gasteiger charge is 2.45. The second-order valence-corrected chi connectivity index (χ2v) is 8.73. The van der Waals surface area contributed by atoms with Gasteiger partial charge in [-0.3, -0.25) is 34.3 Å². The molecule has 3 atom stereocenters. The van der Waals surface area contributed by atoms with Gasteiger partial charge in [0, 0.05) is 25.0 Å². The number of likely N-dealkylation sites (tertiary alicyclic amines) is 1. The maximum atomic E-state index is 13.3. The van der Waals surface area contributed by atoms with Crippen molar-refractivity contribution < 1.29 is 19.2 Å². The molecular formula is C22H28N4O4. The summed E-state index contributed by atoms with van der Waals surface area (Å²) in [5, 5.41) is 2.23. The van der Waals surface area contributed by atoms with Crippen LogP contribution in [0.2, 0.25) is 0 Å². The summed E-state index contributed by atoms with van der Waals surface area (Å²) >= 11 is 0. The summed E-state index contributed by atoms with van der Waals surface area (Å²) in [6.07, 6.45) is 2.28. The Morgan fingerprint density at radius 3 is 2.40 bits per heavy atom. The highest BCUT2D eigenvalue weighted by molar-refractivity contribution is 6.24. The zero-order chi connectivity index (χ0) is 21.6. The Balaban J connectivity index is 1.61. The minimum atomic E-state index is -0.943. The molecule has 3 unspecified atom stereocenters. The van der Waals surface area contributed by atoms with Gasteiger partial charge in [-0.25, -0.2) is 0 Å². The fraction of sp³-hybridized carbons (Fsp3) is 0.545. The van der Waals surface area contributed by atoms with Crippen molar-refractivity contribution in [1.82, 2.24) is 15.1 Å². The number of carbonyl (C=O) groups excluding carboxylic acids is 4. The van der Waals surface area contributed by atoms with Crippen LogP contribution in [0.3, 0.4) is 0 Å². The second-order valence-electron chi connectivity index (χ2n) is 8.73. The van der Waals surface area contributed by atoms with Crippen molar-refractivity contribution in [3.63, 3.8) is 0 Å². The Labute approximate surface area is 175 Å². The van der Waals surface area contributed by atoms with Crippen LogP contribution in [0.1, 0.15) is 65.8 Å². The normalized spacial score (nSPS) is 29.9. The van der Waals surface area contributed by atoms with E-state index >= 15 is 0 Å². The summed E-state index contributed by atoms with van der Waals surface area (Å²) in [6, 6.07) is 4.99. The first-order chi connectivity index (χ1) is 14.3. The van der Waals surface area contributed by atoms with Gasteiger partial charge in [0.25, 0.3) is 11.8 Å². The molecule has 0 spiro atoms. The number of hydrogen-bond donors (Lipinski definition) is 2. The lowest BCUT2D eigenvalue weighted by Gasteiger charge is -2.42. The molecule has 0 bridgehead atoms. The van der Waals surface area contributed by atoms with E-state index in [2.05, 4.69) is 24.1 Å². The number of benzene rings is 1. The minimum Gasteiger partial charge on any atom is -0.330 e. The molecule has 3 N–H and O–H groups in total. The minimum absolute atomic E-state index is 0.113. The number of rotatable bonds is 4. The summed E-state index contributed by atoms with van der Waals surface area (Å²) in [5.41, 5.74) is 7.39. The van der Waals surface area contributed by atoms with Gasteiger partial charge in [-0.1, -0.05) is 12.1 Å². The van der Waals surface area contributed by atoms with Crippen LogP contribution in [-0.4, -0.2) is 58.1 Å². The molecule has 0 radical (unpaired) electrons.